The highest BCUT2D eigenvalue weighted by atomic mass is 35.5. The summed E-state index contributed by atoms with van der Waals surface area (Å²) < 4.78 is 17.0. The van der Waals surface area contributed by atoms with Crippen LogP contribution in [0, 0.1) is 0 Å². The van der Waals surface area contributed by atoms with Crippen LogP contribution in [0.25, 0.3) is 22.3 Å². The molecule has 174 valence electrons. The number of fused-ring (bicyclic) bond motifs is 1. The quantitative estimate of drug-likeness (QED) is 0.296. The lowest BCUT2D eigenvalue weighted by Gasteiger charge is -2.19. The van der Waals surface area contributed by atoms with Crippen molar-refractivity contribution in [3.05, 3.63) is 99.2 Å². The fraction of sp³-hybridized carbons (Fsp3) is 0.214. The summed E-state index contributed by atoms with van der Waals surface area (Å²) in [6.07, 6.45) is 0. The van der Waals surface area contributed by atoms with Crippen molar-refractivity contribution in [2.24, 2.45) is 0 Å². The van der Waals surface area contributed by atoms with E-state index in [2.05, 4.69) is 20.8 Å². The number of carbonyl (C=O) groups is 1. The number of hydrogen-bond donors (Lipinski definition) is 0. The third-order valence-electron chi connectivity index (χ3n) is 5.40. The fourth-order valence-corrected chi connectivity index (χ4v) is 3.68. The van der Waals surface area contributed by atoms with Gasteiger partial charge in [-0.3, -0.25) is 4.79 Å². The molecule has 0 saturated heterocycles. The van der Waals surface area contributed by atoms with Gasteiger partial charge in [0.1, 0.15) is 12.2 Å². The topological polar surface area (TPSA) is 65.7 Å². The zero-order chi connectivity index (χ0) is 24.3. The first-order chi connectivity index (χ1) is 16.2. The number of hydrogen-bond acceptors (Lipinski definition) is 5. The molecule has 0 N–H and O–H groups in total. The summed E-state index contributed by atoms with van der Waals surface area (Å²) in [5.74, 6) is -0.408. The van der Waals surface area contributed by atoms with E-state index < -0.39 is 18.0 Å². The molecule has 6 heteroatoms. The summed E-state index contributed by atoms with van der Waals surface area (Å²) in [6, 6.07) is 21.9. The summed E-state index contributed by atoms with van der Waals surface area (Å²) in [5, 5.41) is 0.672. The molecule has 0 aliphatic rings. The van der Waals surface area contributed by atoms with Crippen LogP contribution in [0.15, 0.2) is 82.0 Å². The van der Waals surface area contributed by atoms with E-state index in [-0.39, 0.29) is 28.9 Å². The first-order valence-corrected chi connectivity index (χ1v) is 11.3. The summed E-state index contributed by atoms with van der Waals surface area (Å²) in [4.78, 5) is 25.6. The molecule has 5 nitrogen and oxygen atoms in total. The molecule has 34 heavy (non-hydrogen) atoms. The van der Waals surface area contributed by atoms with E-state index in [4.69, 9.17) is 25.5 Å². The monoisotopic (exact) mass is 476 g/mol. The van der Waals surface area contributed by atoms with E-state index in [1.807, 2.05) is 54.6 Å². The molecule has 0 aliphatic carbocycles. The average Bonchev–Trinajstić information content (AvgIpc) is 2.82. The van der Waals surface area contributed by atoms with Gasteiger partial charge in [0.05, 0.1) is 5.39 Å². The second-order valence-corrected chi connectivity index (χ2v) is 9.43. The lowest BCUT2D eigenvalue weighted by atomic mass is 9.86. The molecule has 0 radical (unpaired) electrons. The third kappa shape index (κ3) is 5.32. The lowest BCUT2D eigenvalue weighted by molar-refractivity contribution is -0.147. The normalized spacial score (nSPS) is 11.4. The number of carbonyl (C=O) groups excluding carboxylic acids is 1. The van der Waals surface area contributed by atoms with Crippen molar-refractivity contribution in [1.82, 2.24) is 0 Å². The number of benzene rings is 3. The maximum absolute atomic E-state index is 13.3. The standard InChI is InChI=1S/C28H25ClO5/c1-28(2,3)20-11-9-19(10-12-20)26-27(25(31)22-15-21(29)13-14-23(22)34-26)33-17-24(30)32-16-18-7-5-4-6-8-18/h4-15H,16-17H2,1-3H3. The van der Waals surface area contributed by atoms with Crippen LogP contribution in [-0.4, -0.2) is 12.6 Å². The highest BCUT2D eigenvalue weighted by Gasteiger charge is 2.21. The Hall–Kier alpha value is -3.57. The summed E-state index contributed by atoms with van der Waals surface area (Å²) in [7, 11) is 0. The molecule has 0 unspecified atom stereocenters. The van der Waals surface area contributed by atoms with E-state index in [0.29, 0.717) is 16.2 Å². The van der Waals surface area contributed by atoms with Gasteiger partial charge in [-0.05, 0) is 34.7 Å². The average molecular weight is 477 g/mol. The molecule has 0 amide bonds. The summed E-state index contributed by atoms with van der Waals surface area (Å²) in [6.45, 7) is 6.05. The van der Waals surface area contributed by atoms with Gasteiger partial charge in [-0.1, -0.05) is 87.0 Å². The molecule has 0 fully saturated rings. The van der Waals surface area contributed by atoms with Crippen LogP contribution >= 0.6 is 11.6 Å². The molecule has 1 aromatic heterocycles. The zero-order valence-electron chi connectivity index (χ0n) is 19.3. The first-order valence-electron chi connectivity index (χ1n) is 10.9. The van der Waals surface area contributed by atoms with Gasteiger partial charge in [-0.25, -0.2) is 4.79 Å². The molecule has 0 spiro atoms. The van der Waals surface area contributed by atoms with Crippen LogP contribution < -0.4 is 10.2 Å². The van der Waals surface area contributed by atoms with Crippen molar-refractivity contribution >= 4 is 28.5 Å². The van der Waals surface area contributed by atoms with Gasteiger partial charge >= 0.3 is 5.97 Å². The molecule has 0 aliphatic heterocycles. The second-order valence-electron chi connectivity index (χ2n) is 8.99. The largest absolute Gasteiger partial charge is 0.474 e. The predicted octanol–water partition coefficient (Wildman–Crippen LogP) is 6.53. The van der Waals surface area contributed by atoms with E-state index in [0.717, 1.165) is 11.1 Å². The van der Waals surface area contributed by atoms with Gasteiger partial charge in [-0.2, -0.15) is 0 Å². The van der Waals surface area contributed by atoms with Crippen molar-refractivity contribution in [1.29, 1.82) is 0 Å². The Morgan fingerprint density at radius 2 is 1.68 bits per heavy atom. The summed E-state index contributed by atoms with van der Waals surface area (Å²) in [5.41, 5.74) is 2.60. The van der Waals surface area contributed by atoms with Crippen molar-refractivity contribution in [3.63, 3.8) is 0 Å². The van der Waals surface area contributed by atoms with Crippen LogP contribution in [0.3, 0.4) is 0 Å². The van der Waals surface area contributed by atoms with Crippen LogP contribution in [0.4, 0.5) is 0 Å². The van der Waals surface area contributed by atoms with Crippen molar-refractivity contribution < 1.29 is 18.7 Å². The van der Waals surface area contributed by atoms with E-state index >= 15 is 0 Å². The molecule has 0 bridgehead atoms. The van der Waals surface area contributed by atoms with Gasteiger partial charge in [0.2, 0.25) is 11.2 Å². The van der Waals surface area contributed by atoms with E-state index in [1.165, 1.54) is 6.07 Å². The SMILES string of the molecule is CC(C)(C)c1ccc(-c2oc3ccc(Cl)cc3c(=O)c2OCC(=O)OCc2ccccc2)cc1. The van der Waals surface area contributed by atoms with Gasteiger partial charge in [0, 0.05) is 10.6 Å². The van der Waals surface area contributed by atoms with Crippen molar-refractivity contribution in [2.45, 2.75) is 32.8 Å². The minimum absolute atomic E-state index is 0.0264. The van der Waals surface area contributed by atoms with Gasteiger partial charge < -0.3 is 13.9 Å². The predicted molar refractivity (Wildman–Crippen MR) is 133 cm³/mol. The fourth-order valence-electron chi connectivity index (χ4n) is 3.50. The molecular formula is C28H25ClO5. The molecule has 0 saturated carbocycles. The van der Waals surface area contributed by atoms with Gasteiger partial charge in [-0.15, -0.1) is 0 Å². The van der Waals surface area contributed by atoms with Gasteiger partial charge in [0.25, 0.3) is 0 Å². The minimum atomic E-state index is -0.594. The Labute approximate surface area is 202 Å². The zero-order valence-corrected chi connectivity index (χ0v) is 20.0. The molecule has 0 atom stereocenters. The maximum Gasteiger partial charge on any atom is 0.344 e. The highest BCUT2D eigenvalue weighted by molar-refractivity contribution is 6.31. The first kappa shape index (κ1) is 23.6. The third-order valence-corrected chi connectivity index (χ3v) is 5.64. The lowest BCUT2D eigenvalue weighted by Crippen LogP contribution is -2.19. The van der Waals surface area contributed by atoms with Crippen LogP contribution in [0.1, 0.15) is 31.9 Å². The Morgan fingerprint density at radius 1 is 0.971 bits per heavy atom. The molecule has 1 heterocycles. The number of esters is 1. The van der Waals surface area contributed by atoms with Crippen LogP contribution in [-0.2, 0) is 21.6 Å². The van der Waals surface area contributed by atoms with E-state index in [1.54, 1.807) is 12.1 Å². The molecule has 4 rings (SSSR count). The Balaban J connectivity index is 1.65. The van der Waals surface area contributed by atoms with Crippen LogP contribution in [0.2, 0.25) is 5.02 Å². The Bertz CT molecular complexity index is 1370. The molecular weight excluding hydrogens is 452 g/mol. The van der Waals surface area contributed by atoms with E-state index in [9.17, 15) is 9.59 Å². The smallest absolute Gasteiger partial charge is 0.344 e. The minimum Gasteiger partial charge on any atom is -0.474 e. The highest BCUT2D eigenvalue weighted by Crippen LogP contribution is 2.33. The van der Waals surface area contributed by atoms with Crippen molar-refractivity contribution in [2.75, 3.05) is 6.61 Å². The molecule has 4 aromatic rings. The second kappa shape index (κ2) is 9.74. The summed E-state index contributed by atoms with van der Waals surface area (Å²) >= 11 is 6.09. The Kier molecular flexibility index (Phi) is 6.75. The van der Waals surface area contributed by atoms with Crippen molar-refractivity contribution in [3.8, 4) is 17.1 Å². The molecule has 3 aromatic carbocycles. The van der Waals surface area contributed by atoms with Gasteiger partial charge in [0.15, 0.2) is 12.4 Å². The Morgan fingerprint density at radius 3 is 2.35 bits per heavy atom. The number of rotatable bonds is 6. The number of halogens is 1. The van der Waals surface area contributed by atoms with Crippen LogP contribution in [0.5, 0.6) is 5.75 Å². The number of ether oxygens (including phenoxy) is 2. The maximum atomic E-state index is 13.3.